The number of ether oxygens (including phenoxy) is 2. The largest absolute Gasteiger partial charge is 0.493 e. The van der Waals surface area contributed by atoms with E-state index in [1.807, 2.05) is 49.4 Å². The van der Waals surface area contributed by atoms with E-state index in [4.69, 9.17) is 9.47 Å². The van der Waals surface area contributed by atoms with Crippen LogP contribution in [0.5, 0.6) is 11.5 Å². The van der Waals surface area contributed by atoms with Crippen LogP contribution in [0.15, 0.2) is 66.7 Å². The molecule has 0 fully saturated rings. The highest BCUT2D eigenvalue weighted by atomic mass is 16.5. The van der Waals surface area contributed by atoms with Crippen molar-refractivity contribution >= 4 is 11.6 Å². The Labute approximate surface area is 183 Å². The number of nitrogens with zero attached hydrogens (tertiary/aromatic N) is 1. The van der Waals surface area contributed by atoms with E-state index in [0.717, 1.165) is 25.1 Å². The summed E-state index contributed by atoms with van der Waals surface area (Å²) in [7, 11) is 3.21. The van der Waals surface area contributed by atoms with Gasteiger partial charge < -0.3 is 19.7 Å². The molecular formula is C26H28N2O3. The zero-order valence-corrected chi connectivity index (χ0v) is 18.2. The second-order valence-electron chi connectivity index (χ2n) is 7.81. The number of benzene rings is 3. The average molecular weight is 417 g/mol. The molecule has 4 rings (SSSR count). The Morgan fingerprint density at radius 3 is 2.48 bits per heavy atom. The van der Waals surface area contributed by atoms with Gasteiger partial charge >= 0.3 is 0 Å². The Balaban J connectivity index is 1.39. The number of methoxy groups -OCH3 is 2. The van der Waals surface area contributed by atoms with Crippen molar-refractivity contribution < 1.29 is 14.3 Å². The number of para-hydroxylation sites is 1. The summed E-state index contributed by atoms with van der Waals surface area (Å²) in [5, 5.41) is 3.06. The first kappa shape index (κ1) is 20.8. The van der Waals surface area contributed by atoms with Crippen molar-refractivity contribution in [2.24, 2.45) is 0 Å². The number of carbonyl (C=O) groups is 1. The minimum atomic E-state index is -0.159. The Morgan fingerprint density at radius 1 is 1.00 bits per heavy atom. The van der Waals surface area contributed by atoms with Gasteiger partial charge in [0.1, 0.15) is 0 Å². The molecule has 5 heteroatoms. The highest BCUT2D eigenvalue weighted by Gasteiger charge is 2.19. The van der Waals surface area contributed by atoms with E-state index in [2.05, 4.69) is 34.5 Å². The fraction of sp³-hybridized carbons (Fsp3) is 0.269. The molecule has 0 aliphatic carbocycles. The van der Waals surface area contributed by atoms with E-state index in [1.54, 1.807) is 14.2 Å². The van der Waals surface area contributed by atoms with Crippen molar-refractivity contribution in [2.75, 3.05) is 25.7 Å². The summed E-state index contributed by atoms with van der Waals surface area (Å²) in [4.78, 5) is 15.1. The fourth-order valence-electron chi connectivity index (χ4n) is 4.04. The molecule has 160 valence electrons. The molecule has 1 heterocycles. The van der Waals surface area contributed by atoms with Gasteiger partial charge in [0.15, 0.2) is 11.5 Å². The molecule has 0 aromatic heterocycles. The highest BCUT2D eigenvalue weighted by Crippen LogP contribution is 2.30. The number of nitrogens with one attached hydrogen (secondary N) is 1. The van der Waals surface area contributed by atoms with Crippen molar-refractivity contribution in [1.82, 2.24) is 5.32 Å². The maximum atomic E-state index is 12.7. The van der Waals surface area contributed by atoms with E-state index in [0.29, 0.717) is 17.1 Å². The maximum absolute atomic E-state index is 12.7. The van der Waals surface area contributed by atoms with Crippen LogP contribution in [0.2, 0.25) is 0 Å². The van der Waals surface area contributed by atoms with Crippen molar-refractivity contribution in [3.05, 3.63) is 89.0 Å². The number of anilines is 1. The normalized spacial score (nSPS) is 13.5. The number of amides is 1. The molecule has 0 radical (unpaired) electrons. The Kier molecular flexibility index (Phi) is 6.12. The van der Waals surface area contributed by atoms with E-state index >= 15 is 0 Å². The predicted molar refractivity (Wildman–Crippen MR) is 123 cm³/mol. The molecule has 0 spiro atoms. The number of hydrogen-bond acceptors (Lipinski definition) is 4. The topological polar surface area (TPSA) is 50.8 Å². The lowest BCUT2D eigenvalue weighted by atomic mass is 10.1. The molecule has 1 amide bonds. The number of hydrogen-bond donors (Lipinski definition) is 1. The van der Waals surface area contributed by atoms with Gasteiger partial charge in [0.05, 0.1) is 20.3 Å². The summed E-state index contributed by atoms with van der Waals surface area (Å²) in [5.74, 6) is 1.22. The molecular weight excluding hydrogens is 388 g/mol. The van der Waals surface area contributed by atoms with Gasteiger partial charge in [-0.1, -0.05) is 36.4 Å². The lowest BCUT2D eigenvalue weighted by Crippen LogP contribution is -2.26. The number of carbonyl (C=O) groups excluding carboxylic acids is 1. The first-order chi connectivity index (χ1) is 15.1. The summed E-state index contributed by atoms with van der Waals surface area (Å²) in [6, 6.07) is 21.9. The first-order valence-corrected chi connectivity index (χ1v) is 10.5. The van der Waals surface area contributed by atoms with Crippen LogP contribution in [-0.4, -0.2) is 26.7 Å². The molecule has 5 nitrogen and oxygen atoms in total. The molecule has 31 heavy (non-hydrogen) atoms. The standard InChI is InChI=1S/C26H28N2O3/c1-18(22-12-13-24(30-2)25(16-22)31-3)27-26(29)21-10-8-19(9-11-21)17-28-15-14-20-6-4-5-7-23(20)28/h4-13,16,18H,14-15,17H2,1-3H3,(H,27,29)/t18-/m0/s1. The Morgan fingerprint density at radius 2 is 1.74 bits per heavy atom. The quantitative estimate of drug-likeness (QED) is 0.604. The average Bonchev–Trinajstić information content (AvgIpc) is 3.21. The lowest BCUT2D eigenvalue weighted by molar-refractivity contribution is 0.0940. The van der Waals surface area contributed by atoms with E-state index < -0.39 is 0 Å². The van der Waals surface area contributed by atoms with Gasteiger partial charge in [-0.15, -0.1) is 0 Å². The minimum absolute atomic E-state index is 0.0969. The molecule has 0 unspecified atom stereocenters. The van der Waals surface area contributed by atoms with Gasteiger partial charge in [-0.2, -0.15) is 0 Å². The molecule has 1 atom stereocenters. The molecule has 0 bridgehead atoms. The van der Waals surface area contributed by atoms with E-state index in [1.165, 1.54) is 16.8 Å². The van der Waals surface area contributed by atoms with Crippen LogP contribution < -0.4 is 19.7 Å². The molecule has 0 saturated heterocycles. The monoisotopic (exact) mass is 416 g/mol. The predicted octanol–water partition coefficient (Wildman–Crippen LogP) is 4.76. The second-order valence-corrected chi connectivity index (χ2v) is 7.81. The molecule has 3 aromatic carbocycles. The summed E-state index contributed by atoms with van der Waals surface area (Å²) in [6.07, 6.45) is 1.09. The first-order valence-electron chi connectivity index (χ1n) is 10.5. The van der Waals surface area contributed by atoms with Crippen LogP contribution in [-0.2, 0) is 13.0 Å². The van der Waals surface area contributed by atoms with Gasteiger partial charge in [0, 0.05) is 24.3 Å². The van der Waals surface area contributed by atoms with Crippen molar-refractivity contribution in [2.45, 2.75) is 25.9 Å². The van der Waals surface area contributed by atoms with Gasteiger partial charge in [-0.3, -0.25) is 4.79 Å². The number of rotatable bonds is 7. The molecule has 3 aromatic rings. The number of fused-ring (bicyclic) bond motifs is 1. The molecule has 1 aliphatic heterocycles. The van der Waals surface area contributed by atoms with Crippen LogP contribution >= 0.6 is 0 Å². The molecule has 1 aliphatic rings. The van der Waals surface area contributed by atoms with Crippen LogP contribution in [0.4, 0.5) is 5.69 Å². The Hall–Kier alpha value is -3.47. The summed E-state index contributed by atoms with van der Waals surface area (Å²) in [6.45, 7) is 3.84. The summed E-state index contributed by atoms with van der Waals surface area (Å²) < 4.78 is 10.6. The van der Waals surface area contributed by atoms with Crippen molar-refractivity contribution in [3.63, 3.8) is 0 Å². The zero-order valence-electron chi connectivity index (χ0n) is 18.2. The van der Waals surface area contributed by atoms with Crippen LogP contribution in [0.3, 0.4) is 0 Å². The van der Waals surface area contributed by atoms with E-state index in [-0.39, 0.29) is 11.9 Å². The van der Waals surface area contributed by atoms with Crippen LogP contribution in [0.1, 0.15) is 40.0 Å². The molecule has 1 N–H and O–H groups in total. The van der Waals surface area contributed by atoms with Gasteiger partial charge in [-0.05, 0) is 60.4 Å². The van der Waals surface area contributed by atoms with Crippen LogP contribution in [0.25, 0.3) is 0 Å². The maximum Gasteiger partial charge on any atom is 0.251 e. The molecule has 0 saturated carbocycles. The SMILES string of the molecule is COc1ccc([C@H](C)NC(=O)c2ccc(CN3CCc4ccccc43)cc2)cc1OC. The lowest BCUT2D eigenvalue weighted by Gasteiger charge is -2.20. The third-order valence-corrected chi connectivity index (χ3v) is 5.83. The minimum Gasteiger partial charge on any atom is -0.493 e. The Bertz CT molecular complexity index is 1060. The van der Waals surface area contributed by atoms with Gasteiger partial charge in [-0.25, -0.2) is 0 Å². The third-order valence-electron chi connectivity index (χ3n) is 5.83. The fourth-order valence-corrected chi connectivity index (χ4v) is 4.04. The van der Waals surface area contributed by atoms with Crippen molar-refractivity contribution in [1.29, 1.82) is 0 Å². The summed E-state index contributed by atoms with van der Waals surface area (Å²) >= 11 is 0. The van der Waals surface area contributed by atoms with E-state index in [9.17, 15) is 4.79 Å². The zero-order chi connectivity index (χ0) is 21.8. The third kappa shape index (κ3) is 4.50. The van der Waals surface area contributed by atoms with Gasteiger partial charge in [0.2, 0.25) is 0 Å². The summed E-state index contributed by atoms with van der Waals surface area (Å²) in [5.41, 5.74) is 5.52. The highest BCUT2D eigenvalue weighted by molar-refractivity contribution is 5.94. The van der Waals surface area contributed by atoms with Crippen LogP contribution in [0, 0.1) is 0 Å². The van der Waals surface area contributed by atoms with Crippen molar-refractivity contribution in [3.8, 4) is 11.5 Å². The smallest absolute Gasteiger partial charge is 0.251 e. The van der Waals surface area contributed by atoms with Gasteiger partial charge in [0.25, 0.3) is 5.91 Å². The second kappa shape index (κ2) is 9.13.